The number of hydrogen-bond acceptors (Lipinski definition) is 4. The number of carbonyl (C=O) groups excluding carboxylic acids is 1. The number of amides is 1. The van der Waals surface area contributed by atoms with Crippen LogP contribution in [0.15, 0.2) is 11.4 Å². The molecule has 5 heteroatoms. The Bertz CT molecular complexity index is 446. The molecule has 0 radical (unpaired) electrons. The van der Waals surface area contributed by atoms with Gasteiger partial charge in [0.05, 0.1) is 0 Å². The normalized spacial score (nSPS) is 27.9. The first-order valence-electron chi connectivity index (χ1n) is 6.46. The third-order valence-electron chi connectivity index (χ3n) is 3.68. The predicted molar refractivity (Wildman–Crippen MR) is 77.3 cm³/mol. The van der Waals surface area contributed by atoms with Crippen molar-refractivity contribution in [3.63, 3.8) is 0 Å². The minimum Gasteiger partial charge on any atom is -0.336 e. The van der Waals surface area contributed by atoms with E-state index in [1.807, 2.05) is 11.8 Å². The lowest BCUT2D eigenvalue weighted by atomic mass is 10.1. The fraction of sp³-hybridized carbons (Fsp3) is 0.615. The lowest BCUT2D eigenvalue weighted by molar-refractivity contribution is -0.133. The highest BCUT2D eigenvalue weighted by Crippen LogP contribution is 2.40. The van der Waals surface area contributed by atoms with Crippen LogP contribution in [0.2, 0.25) is 0 Å². The second-order valence-electron chi connectivity index (χ2n) is 4.88. The number of rotatable bonds is 1. The molecule has 0 spiro atoms. The fourth-order valence-corrected chi connectivity index (χ4v) is 5.03. The monoisotopic (exact) mass is 282 g/mol. The van der Waals surface area contributed by atoms with Crippen molar-refractivity contribution in [3.8, 4) is 0 Å². The summed E-state index contributed by atoms with van der Waals surface area (Å²) >= 11 is 3.61. The molecule has 0 bridgehead atoms. The van der Waals surface area contributed by atoms with Crippen LogP contribution in [0.25, 0.3) is 0 Å². The Morgan fingerprint density at radius 1 is 1.56 bits per heavy atom. The summed E-state index contributed by atoms with van der Waals surface area (Å²) in [4.78, 5) is 16.2. The van der Waals surface area contributed by atoms with E-state index in [-0.39, 0.29) is 5.25 Å². The van der Waals surface area contributed by atoms with Gasteiger partial charge in [0.15, 0.2) is 0 Å². The molecule has 3 rings (SSSR count). The third kappa shape index (κ3) is 2.19. The molecule has 18 heavy (non-hydrogen) atoms. The average molecular weight is 282 g/mol. The molecule has 2 atom stereocenters. The molecule has 2 aliphatic heterocycles. The largest absolute Gasteiger partial charge is 0.336 e. The summed E-state index contributed by atoms with van der Waals surface area (Å²) in [7, 11) is 0. The minimum atomic E-state index is 0.0422. The molecule has 1 amide bonds. The molecule has 1 N–H and O–H groups in total. The fourth-order valence-electron chi connectivity index (χ4n) is 2.67. The zero-order valence-corrected chi connectivity index (χ0v) is 12.1. The first-order valence-corrected chi connectivity index (χ1v) is 8.39. The van der Waals surface area contributed by atoms with Gasteiger partial charge in [-0.15, -0.1) is 23.1 Å². The van der Waals surface area contributed by atoms with E-state index >= 15 is 0 Å². The van der Waals surface area contributed by atoms with Gasteiger partial charge in [-0.25, -0.2) is 0 Å². The highest BCUT2D eigenvalue weighted by atomic mass is 32.2. The van der Waals surface area contributed by atoms with Crippen LogP contribution in [-0.2, 0) is 11.2 Å². The van der Waals surface area contributed by atoms with E-state index in [9.17, 15) is 4.79 Å². The van der Waals surface area contributed by atoms with E-state index in [1.54, 1.807) is 11.3 Å². The number of nitrogens with one attached hydrogen (secondary N) is 1. The molecule has 0 aliphatic carbocycles. The number of fused-ring (bicyclic) bond motifs is 1. The summed E-state index contributed by atoms with van der Waals surface area (Å²) < 4.78 is 0. The van der Waals surface area contributed by atoms with Crippen molar-refractivity contribution in [2.75, 3.05) is 25.4 Å². The summed E-state index contributed by atoms with van der Waals surface area (Å²) in [6.45, 7) is 4.81. The highest BCUT2D eigenvalue weighted by molar-refractivity contribution is 8.00. The maximum absolute atomic E-state index is 12.7. The number of carbonyl (C=O) groups is 1. The molecule has 1 aromatic heterocycles. The Morgan fingerprint density at radius 2 is 2.44 bits per heavy atom. The topological polar surface area (TPSA) is 32.3 Å². The Hall–Kier alpha value is -0.520. The SMILES string of the molecule is CC1CNCCN1C(=O)C1SCCc2sccc21. The number of aryl methyl sites for hydroxylation is 1. The first-order chi connectivity index (χ1) is 8.77. The maximum Gasteiger partial charge on any atom is 0.240 e. The predicted octanol–water partition coefficient (Wildman–Crippen LogP) is 1.90. The summed E-state index contributed by atoms with van der Waals surface area (Å²) in [6, 6.07) is 2.46. The van der Waals surface area contributed by atoms with E-state index in [0.717, 1.165) is 31.8 Å². The van der Waals surface area contributed by atoms with Gasteiger partial charge in [-0.2, -0.15) is 0 Å². The van der Waals surface area contributed by atoms with E-state index in [4.69, 9.17) is 0 Å². The van der Waals surface area contributed by atoms with Gasteiger partial charge >= 0.3 is 0 Å². The highest BCUT2D eigenvalue weighted by Gasteiger charge is 2.33. The van der Waals surface area contributed by atoms with Gasteiger partial charge in [0.25, 0.3) is 0 Å². The van der Waals surface area contributed by atoms with Crippen molar-refractivity contribution < 1.29 is 4.79 Å². The first kappa shape index (κ1) is 12.5. The van der Waals surface area contributed by atoms with E-state index < -0.39 is 0 Å². The molecule has 1 saturated heterocycles. The van der Waals surface area contributed by atoms with Crippen molar-refractivity contribution >= 4 is 29.0 Å². The van der Waals surface area contributed by atoms with E-state index in [2.05, 4.69) is 28.6 Å². The molecule has 0 saturated carbocycles. The number of piperazine rings is 1. The zero-order valence-electron chi connectivity index (χ0n) is 10.5. The molecule has 98 valence electrons. The van der Waals surface area contributed by atoms with Crippen LogP contribution in [0.4, 0.5) is 0 Å². The Morgan fingerprint density at radius 3 is 3.28 bits per heavy atom. The molecule has 2 aliphatic rings. The number of thioether (sulfide) groups is 1. The van der Waals surface area contributed by atoms with E-state index in [1.165, 1.54) is 10.4 Å². The second kappa shape index (κ2) is 5.23. The van der Waals surface area contributed by atoms with Gasteiger partial charge in [0.1, 0.15) is 5.25 Å². The van der Waals surface area contributed by atoms with Crippen LogP contribution in [0.1, 0.15) is 22.6 Å². The minimum absolute atomic E-state index is 0.0422. The van der Waals surface area contributed by atoms with Crippen molar-refractivity contribution in [1.82, 2.24) is 10.2 Å². The van der Waals surface area contributed by atoms with Crippen molar-refractivity contribution in [2.45, 2.75) is 24.6 Å². The summed E-state index contributed by atoms with van der Waals surface area (Å²) in [6.07, 6.45) is 1.12. The van der Waals surface area contributed by atoms with Gasteiger partial charge in [-0.1, -0.05) is 0 Å². The van der Waals surface area contributed by atoms with Crippen molar-refractivity contribution in [3.05, 3.63) is 21.9 Å². The number of nitrogens with zero attached hydrogens (tertiary/aromatic N) is 1. The van der Waals surface area contributed by atoms with Gasteiger partial charge < -0.3 is 10.2 Å². The Labute approximate surface area is 116 Å². The molecule has 3 heterocycles. The molecule has 2 unspecified atom stereocenters. The van der Waals surface area contributed by atoms with Crippen molar-refractivity contribution in [1.29, 1.82) is 0 Å². The molecular formula is C13H18N2OS2. The van der Waals surface area contributed by atoms with Gasteiger partial charge in [-0.05, 0) is 36.1 Å². The second-order valence-corrected chi connectivity index (χ2v) is 7.10. The van der Waals surface area contributed by atoms with E-state index in [0.29, 0.717) is 11.9 Å². The summed E-state index contributed by atoms with van der Waals surface area (Å²) in [5, 5.41) is 5.50. The standard InChI is InChI=1S/C13H18N2OS2/c1-9-8-14-4-5-15(9)13(16)12-10-2-6-17-11(10)3-7-18-12/h2,6,9,12,14H,3-5,7-8H2,1H3. The van der Waals surface area contributed by atoms with Crippen LogP contribution < -0.4 is 5.32 Å². The quantitative estimate of drug-likeness (QED) is 0.854. The van der Waals surface area contributed by atoms with Crippen LogP contribution >= 0.6 is 23.1 Å². The smallest absolute Gasteiger partial charge is 0.240 e. The number of hydrogen-bond donors (Lipinski definition) is 1. The van der Waals surface area contributed by atoms with Crippen LogP contribution in [0.3, 0.4) is 0 Å². The third-order valence-corrected chi connectivity index (χ3v) is 5.91. The van der Waals surface area contributed by atoms with Crippen LogP contribution in [0, 0.1) is 0 Å². The summed E-state index contributed by atoms with van der Waals surface area (Å²) in [5.74, 6) is 1.39. The molecule has 3 nitrogen and oxygen atoms in total. The summed E-state index contributed by atoms with van der Waals surface area (Å²) in [5.41, 5.74) is 1.27. The molecular weight excluding hydrogens is 264 g/mol. The molecule has 1 fully saturated rings. The van der Waals surface area contributed by atoms with Crippen molar-refractivity contribution in [2.24, 2.45) is 0 Å². The molecule has 0 aromatic carbocycles. The average Bonchev–Trinajstić information content (AvgIpc) is 2.86. The number of thiophene rings is 1. The lowest BCUT2D eigenvalue weighted by Crippen LogP contribution is -2.53. The molecule has 1 aromatic rings. The van der Waals surface area contributed by atoms with Crippen LogP contribution in [-0.4, -0.2) is 42.2 Å². The van der Waals surface area contributed by atoms with Crippen LogP contribution in [0.5, 0.6) is 0 Å². The van der Waals surface area contributed by atoms with Gasteiger partial charge in [-0.3, -0.25) is 4.79 Å². The van der Waals surface area contributed by atoms with Gasteiger partial charge in [0, 0.05) is 30.6 Å². The Kier molecular flexibility index (Phi) is 3.63. The maximum atomic E-state index is 12.7. The van der Waals surface area contributed by atoms with Gasteiger partial charge in [0.2, 0.25) is 5.91 Å². The lowest BCUT2D eigenvalue weighted by Gasteiger charge is -2.37. The zero-order chi connectivity index (χ0) is 12.5. The Balaban J connectivity index is 1.81.